The van der Waals surface area contributed by atoms with Crippen LogP contribution in [0.1, 0.15) is 10.4 Å². The van der Waals surface area contributed by atoms with Gasteiger partial charge in [-0.05, 0) is 12.1 Å². The Labute approximate surface area is 89.3 Å². The molecule has 1 aromatic rings. The van der Waals surface area contributed by atoms with Gasteiger partial charge >= 0.3 is 5.97 Å². The van der Waals surface area contributed by atoms with Crippen LogP contribution in [-0.2, 0) is 27.3 Å². The van der Waals surface area contributed by atoms with Crippen molar-refractivity contribution in [2.75, 3.05) is 0 Å². The Morgan fingerprint density at radius 3 is 2.27 bits per heavy atom. The van der Waals surface area contributed by atoms with E-state index in [4.69, 9.17) is 16.7 Å². The predicted molar refractivity (Wildman–Crippen MR) is 38.4 cm³/mol. The average Bonchev–Trinajstić information content (AvgIpc) is 1.88. The second-order valence-corrected chi connectivity index (χ2v) is 2.19. The first-order valence-electron chi connectivity index (χ1n) is 2.69. The molecule has 0 spiro atoms. The molecule has 0 heterocycles. The van der Waals surface area contributed by atoms with Crippen LogP contribution in [0.3, 0.4) is 0 Å². The number of hydrogen-bond acceptors (Lipinski definition) is 1. The Hall–Kier alpha value is -0.0979. The summed E-state index contributed by atoms with van der Waals surface area (Å²) in [4.78, 5) is 10.3. The summed E-state index contributed by atoms with van der Waals surface area (Å²) in [6, 6.07) is 6.33. The van der Waals surface area contributed by atoms with Crippen LogP contribution < -0.4 is 0 Å². The second kappa shape index (κ2) is 4.71. The molecular weight excluding hydrogens is 264 g/mol. The number of rotatable bonds is 1. The fourth-order valence-electron chi connectivity index (χ4n) is 0.635. The Morgan fingerprint density at radius 2 is 1.91 bits per heavy atom. The predicted octanol–water partition coefficient (Wildman–Crippen LogP) is 2.04. The molecule has 0 bridgehead atoms. The van der Waals surface area contributed by atoms with Gasteiger partial charge in [0, 0.05) is 27.3 Å². The quantitative estimate of drug-likeness (QED) is 0.792. The van der Waals surface area contributed by atoms with Gasteiger partial charge in [0.1, 0.15) is 0 Å². The molecule has 11 heavy (non-hydrogen) atoms. The molecule has 0 amide bonds. The third-order valence-corrected chi connectivity index (χ3v) is 1.43. The minimum Gasteiger partial charge on any atom is -0.478 e. The fourth-order valence-corrected chi connectivity index (χ4v) is 0.851. The minimum atomic E-state index is -0.995. The smallest absolute Gasteiger partial charge is 0.337 e. The van der Waals surface area contributed by atoms with E-state index in [0.29, 0.717) is 0 Å². The second-order valence-electron chi connectivity index (χ2n) is 1.78. The van der Waals surface area contributed by atoms with Crippen molar-refractivity contribution in [1.29, 1.82) is 0 Å². The summed E-state index contributed by atoms with van der Waals surface area (Å²) >= 11 is 5.54. The van der Waals surface area contributed by atoms with Crippen molar-refractivity contribution in [3.05, 3.63) is 34.9 Å². The van der Waals surface area contributed by atoms with E-state index in [-0.39, 0.29) is 37.9 Å². The average molecular weight is 269 g/mol. The van der Waals surface area contributed by atoms with E-state index in [0.717, 1.165) is 0 Å². The molecule has 0 aliphatic carbocycles. The molecule has 0 aromatic heterocycles. The molecule has 0 unspecified atom stereocenters. The van der Waals surface area contributed by atoms with E-state index >= 15 is 0 Å². The van der Waals surface area contributed by atoms with Crippen LogP contribution in [0.2, 0.25) is 5.02 Å². The summed E-state index contributed by atoms with van der Waals surface area (Å²) in [6.45, 7) is 0. The van der Waals surface area contributed by atoms with Crippen molar-refractivity contribution in [3.8, 4) is 0 Å². The maximum absolute atomic E-state index is 10.3. The zero-order valence-electron chi connectivity index (χ0n) is 5.75. The van der Waals surface area contributed by atoms with Gasteiger partial charge in [-0.1, -0.05) is 23.7 Å². The molecule has 0 aliphatic heterocycles. The molecule has 54 valence electrons. The molecule has 0 atom stereocenters. The van der Waals surface area contributed by atoms with E-state index < -0.39 is 5.97 Å². The van der Waals surface area contributed by atoms with E-state index in [1.54, 1.807) is 18.2 Å². The van der Waals surface area contributed by atoms with Crippen molar-refractivity contribution >= 4 is 17.6 Å². The number of halogens is 1. The number of aromatic carboxylic acids is 1. The first-order valence-corrected chi connectivity index (χ1v) is 3.07. The van der Waals surface area contributed by atoms with Crippen molar-refractivity contribution in [2.45, 2.75) is 0 Å². The first-order chi connectivity index (χ1) is 4.72. The molecule has 2 nitrogen and oxygen atoms in total. The van der Waals surface area contributed by atoms with E-state index in [1.165, 1.54) is 6.07 Å². The molecule has 0 saturated heterocycles. The Balaban J connectivity index is 0.000001000. The maximum atomic E-state index is 10.3. The van der Waals surface area contributed by atoms with Gasteiger partial charge < -0.3 is 5.11 Å². The van der Waals surface area contributed by atoms with Crippen LogP contribution in [-0.4, -0.2) is 11.1 Å². The van der Waals surface area contributed by atoms with Gasteiger partial charge in [-0.25, -0.2) is 4.79 Å². The van der Waals surface area contributed by atoms with Crippen LogP contribution in [0.5, 0.6) is 0 Å². The van der Waals surface area contributed by atoms with Gasteiger partial charge in [0.2, 0.25) is 0 Å². The molecular formula is C7H5CdClO2. The number of carboxylic acids is 1. The van der Waals surface area contributed by atoms with Crippen molar-refractivity contribution < 1.29 is 37.2 Å². The normalized spacial score (nSPS) is 8.45. The SMILES string of the molecule is O=C(O)c1ccccc1Cl.[Cd]. The van der Waals surface area contributed by atoms with Crippen molar-refractivity contribution in [3.63, 3.8) is 0 Å². The fraction of sp³-hybridized carbons (Fsp3) is 0. The molecule has 0 fully saturated rings. The molecule has 1 aromatic carbocycles. The zero-order chi connectivity index (χ0) is 7.56. The van der Waals surface area contributed by atoms with Gasteiger partial charge in [-0.15, -0.1) is 0 Å². The summed E-state index contributed by atoms with van der Waals surface area (Å²) in [6.07, 6.45) is 0. The van der Waals surface area contributed by atoms with Crippen molar-refractivity contribution in [2.24, 2.45) is 0 Å². The number of hydrogen-bond donors (Lipinski definition) is 1. The monoisotopic (exact) mass is 270 g/mol. The van der Waals surface area contributed by atoms with E-state index in [2.05, 4.69) is 0 Å². The van der Waals surface area contributed by atoms with Gasteiger partial charge in [0.15, 0.2) is 0 Å². The summed E-state index contributed by atoms with van der Waals surface area (Å²) in [7, 11) is 0. The Kier molecular flexibility index (Phi) is 4.67. The molecule has 1 rings (SSSR count). The maximum Gasteiger partial charge on any atom is 0.337 e. The van der Waals surface area contributed by atoms with E-state index in [1.807, 2.05) is 0 Å². The first kappa shape index (κ1) is 10.9. The third kappa shape index (κ3) is 2.78. The van der Waals surface area contributed by atoms with Crippen LogP contribution in [0, 0.1) is 0 Å². The Bertz CT molecular complexity index is 262. The molecule has 1 N–H and O–H groups in total. The third-order valence-electron chi connectivity index (χ3n) is 1.10. The van der Waals surface area contributed by atoms with Gasteiger partial charge in [-0.2, -0.15) is 0 Å². The van der Waals surface area contributed by atoms with Crippen LogP contribution in [0.25, 0.3) is 0 Å². The molecule has 0 radical (unpaired) electrons. The zero-order valence-corrected chi connectivity index (χ0v) is 10.5. The topological polar surface area (TPSA) is 37.3 Å². The number of carbonyl (C=O) groups is 1. The van der Waals surface area contributed by atoms with Gasteiger partial charge in [0.05, 0.1) is 10.6 Å². The van der Waals surface area contributed by atoms with Gasteiger partial charge in [0.25, 0.3) is 0 Å². The number of carboxylic acid groups (broad SMARTS) is 1. The largest absolute Gasteiger partial charge is 0.478 e. The molecule has 0 saturated carbocycles. The minimum absolute atomic E-state index is 0. The number of benzene rings is 1. The summed E-state index contributed by atoms with van der Waals surface area (Å²) < 4.78 is 0. The summed E-state index contributed by atoms with van der Waals surface area (Å²) in [5.41, 5.74) is 0.143. The van der Waals surface area contributed by atoms with Crippen LogP contribution in [0.4, 0.5) is 0 Å². The van der Waals surface area contributed by atoms with Crippen LogP contribution in [0.15, 0.2) is 24.3 Å². The summed E-state index contributed by atoms with van der Waals surface area (Å²) in [5.74, 6) is -0.995. The standard InChI is InChI=1S/C7H5ClO2.Cd/c8-6-4-2-1-3-5(6)7(9)10;/h1-4H,(H,9,10);. The van der Waals surface area contributed by atoms with Crippen LogP contribution >= 0.6 is 11.6 Å². The summed E-state index contributed by atoms with van der Waals surface area (Å²) in [5, 5.41) is 8.75. The van der Waals surface area contributed by atoms with Gasteiger partial charge in [-0.3, -0.25) is 0 Å². The molecule has 4 heteroatoms. The van der Waals surface area contributed by atoms with Crippen molar-refractivity contribution in [1.82, 2.24) is 0 Å². The molecule has 0 aliphatic rings. The Morgan fingerprint density at radius 1 is 1.36 bits per heavy atom. The van der Waals surface area contributed by atoms with E-state index in [9.17, 15) is 4.79 Å².